The van der Waals surface area contributed by atoms with E-state index in [1.54, 1.807) is 19.2 Å². The van der Waals surface area contributed by atoms with Crippen LogP contribution in [0.4, 0.5) is 11.4 Å². The smallest absolute Gasteiger partial charge is 0.0643 e. The molecule has 1 aromatic carbocycles. The Labute approximate surface area is 70.9 Å². The number of benzene rings is 1. The Morgan fingerprint density at radius 1 is 1.50 bits per heavy atom. The van der Waals surface area contributed by atoms with Gasteiger partial charge in [-0.25, -0.2) is 5.01 Å². The highest BCUT2D eigenvalue weighted by molar-refractivity contribution is 5.58. The van der Waals surface area contributed by atoms with Crippen molar-refractivity contribution in [2.75, 3.05) is 17.8 Å². The zero-order chi connectivity index (χ0) is 9.14. The number of hydrogen-bond acceptors (Lipinski definition) is 3. The van der Waals surface area contributed by atoms with Gasteiger partial charge in [-0.05, 0) is 24.6 Å². The van der Waals surface area contributed by atoms with Crippen molar-refractivity contribution in [2.24, 2.45) is 5.29 Å². The summed E-state index contributed by atoms with van der Waals surface area (Å²) in [5.41, 5.74) is 8.01. The predicted molar refractivity (Wildman–Crippen MR) is 49.8 cm³/mol. The molecule has 1 rings (SSSR count). The fourth-order valence-corrected chi connectivity index (χ4v) is 0.876. The number of anilines is 2. The number of aryl methyl sites for hydroxylation is 1. The van der Waals surface area contributed by atoms with Crippen LogP contribution in [0.5, 0.6) is 0 Å². The normalized spacial score (nSPS) is 9.50. The first-order chi connectivity index (χ1) is 5.65. The Kier molecular flexibility index (Phi) is 2.28. The highest BCUT2D eigenvalue weighted by Gasteiger charge is 2.00. The van der Waals surface area contributed by atoms with Gasteiger partial charge in [0.05, 0.1) is 11.0 Å². The van der Waals surface area contributed by atoms with Crippen molar-refractivity contribution >= 4 is 11.4 Å². The molecule has 0 fully saturated rings. The zero-order valence-electron chi connectivity index (χ0n) is 7.11. The maximum absolute atomic E-state index is 10.1. The van der Waals surface area contributed by atoms with E-state index in [2.05, 4.69) is 5.29 Å². The highest BCUT2D eigenvalue weighted by atomic mass is 16.3. The van der Waals surface area contributed by atoms with E-state index >= 15 is 0 Å². The molecule has 12 heavy (non-hydrogen) atoms. The van der Waals surface area contributed by atoms with Gasteiger partial charge >= 0.3 is 0 Å². The Bertz CT molecular complexity index is 298. The van der Waals surface area contributed by atoms with Crippen LogP contribution in [0.2, 0.25) is 0 Å². The number of nitrogens with zero attached hydrogens (tertiary/aromatic N) is 2. The molecule has 0 unspecified atom stereocenters. The molecule has 1 aromatic rings. The zero-order valence-corrected chi connectivity index (χ0v) is 7.11. The lowest BCUT2D eigenvalue weighted by atomic mass is 10.2. The van der Waals surface area contributed by atoms with Gasteiger partial charge in [-0.15, -0.1) is 4.91 Å². The van der Waals surface area contributed by atoms with Crippen molar-refractivity contribution in [1.82, 2.24) is 0 Å². The van der Waals surface area contributed by atoms with Crippen molar-refractivity contribution in [3.8, 4) is 0 Å². The number of rotatable bonds is 2. The van der Waals surface area contributed by atoms with E-state index in [1.807, 2.05) is 13.0 Å². The van der Waals surface area contributed by atoms with Gasteiger partial charge < -0.3 is 5.73 Å². The Morgan fingerprint density at radius 2 is 2.17 bits per heavy atom. The van der Waals surface area contributed by atoms with Gasteiger partial charge in [-0.2, -0.15) is 0 Å². The molecular weight excluding hydrogens is 154 g/mol. The molecule has 0 amide bonds. The summed E-state index contributed by atoms with van der Waals surface area (Å²) >= 11 is 0. The quantitative estimate of drug-likeness (QED) is 0.412. The summed E-state index contributed by atoms with van der Waals surface area (Å²) in [5, 5.41) is 3.99. The molecule has 0 aliphatic carbocycles. The second-order valence-electron chi connectivity index (χ2n) is 2.65. The SMILES string of the molecule is Cc1ccc(N(C)N=O)cc1N. The molecule has 4 nitrogen and oxygen atoms in total. The van der Waals surface area contributed by atoms with Crippen LogP contribution in [0.15, 0.2) is 23.5 Å². The van der Waals surface area contributed by atoms with Crippen LogP contribution >= 0.6 is 0 Å². The number of nitrogens with two attached hydrogens (primary N) is 1. The monoisotopic (exact) mass is 165 g/mol. The van der Waals surface area contributed by atoms with Crippen LogP contribution in [-0.2, 0) is 0 Å². The lowest BCUT2D eigenvalue weighted by molar-refractivity contribution is 1.00. The summed E-state index contributed by atoms with van der Waals surface area (Å²) in [6.45, 7) is 1.91. The van der Waals surface area contributed by atoms with Crippen LogP contribution in [0.1, 0.15) is 5.56 Å². The summed E-state index contributed by atoms with van der Waals surface area (Å²) in [5.74, 6) is 0. The first kappa shape index (κ1) is 8.52. The first-order valence-corrected chi connectivity index (χ1v) is 3.58. The topological polar surface area (TPSA) is 58.7 Å². The second-order valence-corrected chi connectivity index (χ2v) is 2.65. The molecule has 2 N–H and O–H groups in total. The Morgan fingerprint density at radius 3 is 2.67 bits per heavy atom. The minimum atomic E-state index is 0.669. The predicted octanol–water partition coefficient (Wildman–Crippen LogP) is 1.69. The van der Waals surface area contributed by atoms with Crippen LogP contribution in [0.3, 0.4) is 0 Å². The van der Waals surface area contributed by atoms with Gasteiger partial charge in [0.2, 0.25) is 0 Å². The lowest BCUT2D eigenvalue weighted by Gasteiger charge is -2.09. The molecule has 0 atom stereocenters. The molecule has 4 heteroatoms. The third kappa shape index (κ3) is 1.53. The summed E-state index contributed by atoms with van der Waals surface area (Å²) in [6.07, 6.45) is 0. The molecule has 0 bridgehead atoms. The van der Waals surface area contributed by atoms with E-state index in [1.165, 1.54) is 5.01 Å². The molecule has 64 valence electrons. The van der Waals surface area contributed by atoms with Crippen molar-refractivity contribution in [2.45, 2.75) is 6.92 Å². The van der Waals surface area contributed by atoms with Crippen molar-refractivity contribution in [3.05, 3.63) is 28.7 Å². The summed E-state index contributed by atoms with van der Waals surface area (Å²) in [7, 11) is 1.58. The van der Waals surface area contributed by atoms with E-state index in [4.69, 9.17) is 5.73 Å². The number of nitroso groups, excluding NO2 is 1. The highest BCUT2D eigenvalue weighted by Crippen LogP contribution is 2.19. The van der Waals surface area contributed by atoms with Crippen LogP contribution in [0, 0.1) is 11.8 Å². The lowest BCUT2D eigenvalue weighted by Crippen LogP contribution is -2.07. The summed E-state index contributed by atoms with van der Waals surface area (Å²) in [4.78, 5) is 10.1. The second kappa shape index (κ2) is 3.21. The minimum absolute atomic E-state index is 0.669. The third-order valence-corrected chi connectivity index (χ3v) is 1.76. The van der Waals surface area contributed by atoms with Gasteiger partial charge in [0.25, 0.3) is 0 Å². The fraction of sp³-hybridized carbons (Fsp3) is 0.250. The largest absolute Gasteiger partial charge is 0.398 e. The number of hydrogen-bond donors (Lipinski definition) is 1. The minimum Gasteiger partial charge on any atom is -0.398 e. The van der Waals surface area contributed by atoms with Crippen LogP contribution in [0.25, 0.3) is 0 Å². The Hall–Kier alpha value is -1.58. The maximum atomic E-state index is 10.1. The van der Waals surface area contributed by atoms with Gasteiger partial charge in [0.15, 0.2) is 0 Å². The van der Waals surface area contributed by atoms with Crippen LogP contribution in [-0.4, -0.2) is 7.05 Å². The average molecular weight is 165 g/mol. The van der Waals surface area contributed by atoms with E-state index < -0.39 is 0 Å². The molecule has 0 aliphatic rings. The molecule has 0 heterocycles. The molecule has 0 radical (unpaired) electrons. The number of nitrogen functional groups attached to an aromatic ring is 1. The standard InChI is InChI=1S/C8H11N3O/c1-6-3-4-7(5-8(6)9)11(2)10-12/h3-5H,9H2,1-2H3. The average Bonchev–Trinajstić information content (AvgIpc) is 2.08. The molecule has 0 spiro atoms. The van der Waals surface area contributed by atoms with Crippen molar-refractivity contribution in [3.63, 3.8) is 0 Å². The molecule has 0 aliphatic heterocycles. The molecule has 0 saturated carbocycles. The van der Waals surface area contributed by atoms with Gasteiger partial charge in [0, 0.05) is 12.7 Å². The maximum Gasteiger partial charge on any atom is 0.0643 e. The van der Waals surface area contributed by atoms with E-state index in [-0.39, 0.29) is 0 Å². The van der Waals surface area contributed by atoms with Gasteiger partial charge in [0.1, 0.15) is 0 Å². The summed E-state index contributed by atoms with van der Waals surface area (Å²) in [6, 6.07) is 5.37. The van der Waals surface area contributed by atoms with E-state index in [0.29, 0.717) is 11.4 Å². The van der Waals surface area contributed by atoms with E-state index in [0.717, 1.165) is 5.56 Å². The molecule has 0 aromatic heterocycles. The fourth-order valence-electron chi connectivity index (χ4n) is 0.876. The molecule has 0 saturated heterocycles. The Balaban J connectivity index is 3.04. The van der Waals surface area contributed by atoms with Crippen molar-refractivity contribution in [1.29, 1.82) is 0 Å². The van der Waals surface area contributed by atoms with Crippen LogP contribution < -0.4 is 10.7 Å². The third-order valence-electron chi connectivity index (χ3n) is 1.76. The van der Waals surface area contributed by atoms with E-state index in [9.17, 15) is 4.91 Å². The first-order valence-electron chi connectivity index (χ1n) is 3.58. The van der Waals surface area contributed by atoms with Gasteiger partial charge in [-0.1, -0.05) is 6.07 Å². The van der Waals surface area contributed by atoms with Gasteiger partial charge in [-0.3, -0.25) is 0 Å². The van der Waals surface area contributed by atoms with Crippen molar-refractivity contribution < 1.29 is 0 Å². The summed E-state index contributed by atoms with van der Waals surface area (Å²) < 4.78 is 0. The molecular formula is C8H11N3O.